The zero-order valence-electron chi connectivity index (χ0n) is 22.2. The van der Waals surface area contributed by atoms with Crippen LogP contribution >= 0.6 is 0 Å². The fourth-order valence-electron chi connectivity index (χ4n) is 2.45. The van der Waals surface area contributed by atoms with Crippen molar-refractivity contribution < 1.29 is 20.9 Å². The number of benzene rings is 1. The highest BCUT2D eigenvalue weighted by Gasteiger charge is 2.12. The molecule has 1 aromatic carbocycles. The molecule has 1 fully saturated rings. The molecule has 1 aliphatic heterocycles. The maximum atomic E-state index is 10.9. The molecule has 2 aromatic rings. The molecule has 26 heavy (non-hydrogen) atoms. The first-order chi connectivity index (χ1) is 15.6. The number of carboxylic acids is 1. The number of aromatic nitrogens is 1. The molecule has 0 aliphatic carbocycles. The Morgan fingerprint density at radius 2 is 1.96 bits per heavy atom. The maximum absolute atomic E-state index is 10.9. The Balaban J connectivity index is 2.10. The first-order valence-corrected chi connectivity index (χ1v) is 8.06. The van der Waals surface area contributed by atoms with E-state index in [1.165, 1.54) is 12.2 Å². The summed E-state index contributed by atoms with van der Waals surface area (Å²) in [5, 5.41) is 8.88. The van der Waals surface area contributed by atoms with Gasteiger partial charge in [-0.05, 0) is 56.4 Å². The minimum Gasteiger partial charge on any atom is -0.478 e. The Labute approximate surface area is 165 Å². The van der Waals surface area contributed by atoms with Gasteiger partial charge in [0.1, 0.15) is 0 Å². The van der Waals surface area contributed by atoms with Gasteiger partial charge in [0.2, 0.25) is 0 Å². The summed E-state index contributed by atoms with van der Waals surface area (Å²) in [7, 11) is 0. The molecule has 0 unspecified atom stereocenters. The molecule has 1 saturated heterocycles. The van der Waals surface area contributed by atoms with Crippen LogP contribution in [0.25, 0.3) is 11.6 Å². The fraction of sp³-hybridized carbons (Fsp3) is 0.273. The molecule has 4 heteroatoms. The van der Waals surface area contributed by atoms with E-state index >= 15 is 0 Å². The van der Waals surface area contributed by atoms with Crippen LogP contribution in [0.5, 0.6) is 0 Å². The Morgan fingerprint density at radius 1 is 1.23 bits per heavy atom. The van der Waals surface area contributed by atoms with Crippen LogP contribution in [-0.2, 0) is 4.79 Å². The molecule has 4 nitrogen and oxygen atoms in total. The van der Waals surface area contributed by atoms with E-state index in [-0.39, 0.29) is 0 Å². The van der Waals surface area contributed by atoms with Gasteiger partial charge < -0.3 is 5.11 Å². The Morgan fingerprint density at radius 3 is 2.65 bits per heavy atom. The Bertz CT molecular complexity index is 1120. The summed E-state index contributed by atoms with van der Waals surface area (Å²) in [5.41, 5.74) is 2.90. The summed E-state index contributed by atoms with van der Waals surface area (Å²) < 4.78 is 64.7. The van der Waals surface area contributed by atoms with Crippen LogP contribution in [0.4, 0.5) is 0 Å². The molecule has 0 spiro atoms. The van der Waals surface area contributed by atoms with E-state index in [0.29, 0.717) is 27.4 Å². The van der Waals surface area contributed by atoms with E-state index in [1.807, 2.05) is 19.1 Å². The molecule has 134 valence electrons. The lowest BCUT2D eigenvalue weighted by atomic mass is 10.00. The van der Waals surface area contributed by atoms with Gasteiger partial charge in [-0.2, -0.15) is 0 Å². The number of nitrogens with zero attached hydrogens (tertiary/aromatic N) is 2. The number of likely N-dealkylation sites (tertiary alicyclic amines) is 1. The van der Waals surface area contributed by atoms with Gasteiger partial charge in [-0.25, -0.2) is 9.78 Å². The normalized spacial score (nSPS) is 28.0. The summed E-state index contributed by atoms with van der Waals surface area (Å²) in [6.45, 7) is -4.41. The van der Waals surface area contributed by atoms with Crippen LogP contribution in [0, 0.1) is 6.92 Å². The number of carboxylic acid groups (broad SMARTS) is 1. The predicted octanol–water partition coefficient (Wildman–Crippen LogP) is 4.02. The van der Waals surface area contributed by atoms with Gasteiger partial charge in [-0.1, -0.05) is 42.0 Å². The molecular weight excluding hydrogens is 324 g/mol. The molecule has 1 aromatic heterocycles. The molecule has 3 rings (SSSR count). The van der Waals surface area contributed by atoms with Gasteiger partial charge in [0, 0.05) is 29.2 Å². The van der Waals surface area contributed by atoms with Gasteiger partial charge >= 0.3 is 5.97 Å². The third kappa shape index (κ3) is 4.90. The summed E-state index contributed by atoms with van der Waals surface area (Å²) in [4.78, 5) is 15.8. The number of aryl methyl sites for hydroxylation is 1. The highest BCUT2D eigenvalue weighted by atomic mass is 16.4. The minimum absolute atomic E-state index is 0.359. The number of aliphatic carboxylic acids is 1. The molecule has 0 amide bonds. The third-order valence-corrected chi connectivity index (χ3v) is 3.73. The Kier molecular flexibility index (Phi) is 3.45. The molecule has 0 radical (unpaired) electrons. The van der Waals surface area contributed by atoms with Gasteiger partial charge in [0.15, 0.2) is 0 Å². The zero-order valence-corrected chi connectivity index (χ0v) is 14.2. The average Bonchev–Trinajstić information content (AvgIpc) is 2.81. The quantitative estimate of drug-likeness (QED) is 0.795. The standard InChI is InChI=1S/C22H24N2O2/c1-17-7-9-18(10-8-17)20(13-16-24-14-2-3-15-24)21-6-4-5-19(23-21)11-12-22(25)26/h4-13H,2-3,14-16H2,1H3,(H,25,26)/b12-11+,20-13+/i2D2,3D2,14D2,15D2. The molecule has 0 bridgehead atoms. The van der Waals surface area contributed by atoms with Crippen molar-refractivity contribution in [1.82, 2.24) is 9.88 Å². The number of pyridine rings is 1. The molecule has 1 aliphatic rings. The lowest BCUT2D eigenvalue weighted by Crippen LogP contribution is -2.19. The smallest absolute Gasteiger partial charge is 0.328 e. The van der Waals surface area contributed by atoms with Crippen LogP contribution in [0.1, 0.15) is 46.2 Å². The van der Waals surface area contributed by atoms with E-state index in [2.05, 4.69) is 4.98 Å². The predicted molar refractivity (Wildman–Crippen MR) is 105 cm³/mol. The minimum atomic E-state index is -3.11. The van der Waals surface area contributed by atoms with Crippen molar-refractivity contribution in [2.45, 2.75) is 19.7 Å². The first-order valence-electron chi connectivity index (χ1n) is 12.1. The highest BCUT2D eigenvalue weighted by Crippen LogP contribution is 2.23. The van der Waals surface area contributed by atoms with Crippen molar-refractivity contribution in [3.63, 3.8) is 0 Å². The summed E-state index contributed by atoms with van der Waals surface area (Å²) >= 11 is 0. The zero-order chi connectivity index (χ0) is 25.5. The third-order valence-electron chi connectivity index (χ3n) is 3.73. The van der Waals surface area contributed by atoms with E-state index < -0.39 is 38.3 Å². The second-order valence-electron chi connectivity index (χ2n) is 5.69. The molecular formula is C22H24N2O2. The van der Waals surface area contributed by atoms with Gasteiger partial charge in [-0.15, -0.1) is 0 Å². The lowest BCUT2D eigenvalue weighted by Gasteiger charge is -2.14. The van der Waals surface area contributed by atoms with Crippen LogP contribution in [-0.4, -0.2) is 40.5 Å². The van der Waals surface area contributed by atoms with E-state index in [9.17, 15) is 4.79 Å². The summed E-state index contributed by atoms with van der Waals surface area (Å²) in [5.74, 6) is -1.14. The van der Waals surface area contributed by atoms with E-state index in [1.54, 1.807) is 30.3 Å². The molecule has 2 heterocycles. The van der Waals surface area contributed by atoms with Crippen molar-refractivity contribution in [3.8, 4) is 0 Å². The van der Waals surface area contributed by atoms with Crippen molar-refractivity contribution in [1.29, 1.82) is 0 Å². The van der Waals surface area contributed by atoms with Crippen LogP contribution in [0.2, 0.25) is 0 Å². The van der Waals surface area contributed by atoms with Crippen LogP contribution < -0.4 is 0 Å². The molecule has 0 saturated carbocycles. The van der Waals surface area contributed by atoms with Crippen molar-refractivity contribution in [2.24, 2.45) is 0 Å². The number of rotatable bonds is 6. The fourth-order valence-corrected chi connectivity index (χ4v) is 2.45. The number of hydrogen-bond acceptors (Lipinski definition) is 3. The van der Waals surface area contributed by atoms with Crippen LogP contribution in [0.3, 0.4) is 0 Å². The number of carbonyl (C=O) groups is 1. The van der Waals surface area contributed by atoms with Crippen LogP contribution in [0.15, 0.2) is 54.6 Å². The van der Waals surface area contributed by atoms with Crippen molar-refractivity contribution in [3.05, 3.63) is 77.1 Å². The van der Waals surface area contributed by atoms with Crippen molar-refractivity contribution >= 4 is 17.6 Å². The largest absolute Gasteiger partial charge is 0.478 e. The lowest BCUT2D eigenvalue weighted by molar-refractivity contribution is -0.131. The highest BCUT2D eigenvalue weighted by molar-refractivity contribution is 5.85. The topological polar surface area (TPSA) is 53.4 Å². The average molecular weight is 356 g/mol. The second kappa shape index (κ2) is 8.59. The monoisotopic (exact) mass is 356 g/mol. The molecule has 1 N–H and O–H groups in total. The second-order valence-corrected chi connectivity index (χ2v) is 5.69. The van der Waals surface area contributed by atoms with Crippen molar-refractivity contribution in [2.75, 3.05) is 19.5 Å². The Hall–Kier alpha value is -2.72. The van der Waals surface area contributed by atoms with Gasteiger partial charge in [-0.3, -0.25) is 4.90 Å². The molecule has 0 atom stereocenters. The van der Waals surface area contributed by atoms with E-state index in [4.69, 9.17) is 16.1 Å². The van der Waals surface area contributed by atoms with Gasteiger partial charge in [0.25, 0.3) is 0 Å². The maximum Gasteiger partial charge on any atom is 0.328 e. The summed E-state index contributed by atoms with van der Waals surface area (Å²) in [6, 6.07) is 12.2. The van der Waals surface area contributed by atoms with Gasteiger partial charge in [0.05, 0.1) is 11.4 Å². The number of hydrogen-bond donors (Lipinski definition) is 1. The first kappa shape index (κ1) is 10.4. The van der Waals surface area contributed by atoms with E-state index in [0.717, 1.165) is 11.6 Å². The summed E-state index contributed by atoms with van der Waals surface area (Å²) in [6.07, 6.45) is -2.48. The SMILES string of the molecule is [2H]C1([2H])N(C/C=C(\c2ccc(C)cc2)c2cccc(/C=C/C(=O)O)n2)C([2H])([2H])C([2H])([2H])C1([2H])[2H].